The number of amides is 1. The van der Waals surface area contributed by atoms with Crippen LogP contribution in [0.2, 0.25) is 0 Å². The number of carbonyl (C=O) groups excluding carboxylic acids is 1. The van der Waals surface area contributed by atoms with E-state index in [4.69, 9.17) is 0 Å². The monoisotopic (exact) mass is 353 g/mol. The van der Waals surface area contributed by atoms with Gasteiger partial charge in [-0.1, -0.05) is 30.3 Å². The van der Waals surface area contributed by atoms with Gasteiger partial charge in [0.05, 0.1) is 0 Å². The number of carbonyl (C=O) groups is 2. The highest BCUT2D eigenvalue weighted by Gasteiger charge is 2.36. The Morgan fingerprint density at radius 2 is 1.88 bits per heavy atom. The van der Waals surface area contributed by atoms with E-state index < -0.39 is 17.3 Å². The normalized spacial score (nSPS) is 13.3. The van der Waals surface area contributed by atoms with E-state index in [2.05, 4.69) is 20.4 Å². The molecule has 0 aliphatic carbocycles. The second-order valence-corrected chi connectivity index (χ2v) is 6.37. The minimum absolute atomic E-state index is 0.0491. The molecular formula is C18H19N5O3. The zero-order valence-corrected chi connectivity index (χ0v) is 14.7. The summed E-state index contributed by atoms with van der Waals surface area (Å²) in [4.78, 5) is 32.6. The maximum atomic E-state index is 12.4. The molecule has 2 aromatic heterocycles. The maximum absolute atomic E-state index is 12.4. The molecule has 1 atom stereocenters. The third kappa shape index (κ3) is 3.13. The van der Waals surface area contributed by atoms with E-state index in [0.717, 1.165) is 11.4 Å². The predicted octanol–water partition coefficient (Wildman–Crippen LogP) is 1.51. The largest absolute Gasteiger partial charge is 0.481 e. The van der Waals surface area contributed by atoms with Crippen LogP contribution in [-0.4, -0.2) is 43.1 Å². The number of nitrogens with zero attached hydrogens (tertiary/aromatic N) is 4. The van der Waals surface area contributed by atoms with Crippen LogP contribution in [0, 0.1) is 13.8 Å². The van der Waals surface area contributed by atoms with Gasteiger partial charge in [0.25, 0.3) is 11.7 Å². The van der Waals surface area contributed by atoms with Gasteiger partial charge in [0.2, 0.25) is 5.82 Å². The molecule has 0 saturated heterocycles. The topological polar surface area (TPSA) is 109 Å². The number of carboxylic acids is 1. The summed E-state index contributed by atoms with van der Waals surface area (Å²) in [6.07, 6.45) is 0. The zero-order chi connectivity index (χ0) is 18.9. The first-order valence-corrected chi connectivity index (χ1v) is 8.09. The first-order chi connectivity index (χ1) is 12.3. The maximum Gasteiger partial charge on any atom is 0.315 e. The van der Waals surface area contributed by atoms with Gasteiger partial charge in [0, 0.05) is 17.9 Å². The molecule has 0 aliphatic heterocycles. The summed E-state index contributed by atoms with van der Waals surface area (Å²) in [6.45, 7) is 5.15. The average Bonchev–Trinajstić information content (AvgIpc) is 3.04. The Hall–Kier alpha value is -3.29. The van der Waals surface area contributed by atoms with Crippen LogP contribution in [0.5, 0.6) is 0 Å². The standard InChI is InChI=1S/C18H19N5O3/c1-11-9-12(2)23-17(20-11)21-14(22-23)15(24)19-10-18(3,16(25)26)13-7-5-4-6-8-13/h4-9H,10H2,1-3H3,(H,19,24)(H,25,26). The molecule has 2 heterocycles. The molecule has 3 aromatic rings. The van der Waals surface area contributed by atoms with Gasteiger partial charge < -0.3 is 10.4 Å². The lowest BCUT2D eigenvalue weighted by Crippen LogP contribution is -2.44. The lowest BCUT2D eigenvalue weighted by atomic mass is 9.82. The van der Waals surface area contributed by atoms with Gasteiger partial charge >= 0.3 is 5.97 Å². The predicted molar refractivity (Wildman–Crippen MR) is 94.0 cm³/mol. The number of nitrogens with one attached hydrogen (secondary N) is 1. The number of hydrogen-bond acceptors (Lipinski definition) is 5. The highest BCUT2D eigenvalue weighted by atomic mass is 16.4. The average molecular weight is 353 g/mol. The van der Waals surface area contributed by atoms with Crippen molar-refractivity contribution in [2.45, 2.75) is 26.2 Å². The van der Waals surface area contributed by atoms with Crippen molar-refractivity contribution in [3.63, 3.8) is 0 Å². The van der Waals surface area contributed by atoms with Crippen molar-refractivity contribution in [1.29, 1.82) is 0 Å². The number of aromatic nitrogens is 4. The highest BCUT2D eigenvalue weighted by Crippen LogP contribution is 2.23. The number of rotatable bonds is 5. The molecule has 3 rings (SSSR count). The summed E-state index contributed by atoms with van der Waals surface area (Å²) in [7, 11) is 0. The van der Waals surface area contributed by atoms with Crippen molar-refractivity contribution < 1.29 is 14.7 Å². The van der Waals surface area contributed by atoms with Crippen LogP contribution in [0.25, 0.3) is 5.78 Å². The Bertz CT molecular complexity index is 983. The highest BCUT2D eigenvalue weighted by molar-refractivity contribution is 5.91. The van der Waals surface area contributed by atoms with E-state index in [0.29, 0.717) is 11.3 Å². The van der Waals surface area contributed by atoms with E-state index in [9.17, 15) is 14.7 Å². The fourth-order valence-corrected chi connectivity index (χ4v) is 2.71. The third-order valence-electron chi connectivity index (χ3n) is 4.31. The van der Waals surface area contributed by atoms with Gasteiger partial charge in [0.15, 0.2) is 0 Å². The summed E-state index contributed by atoms with van der Waals surface area (Å²) in [5.74, 6) is -1.29. The molecule has 26 heavy (non-hydrogen) atoms. The molecular weight excluding hydrogens is 334 g/mol. The molecule has 0 aliphatic rings. The molecule has 8 nitrogen and oxygen atoms in total. The molecule has 1 amide bonds. The second kappa shape index (κ2) is 6.55. The van der Waals surface area contributed by atoms with Gasteiger partial charge in [-0.3, -0.25) is 9.59 Å². The van der Waals surface area contributed by atoms with Gasteiger partial charge in [-0.05, 0) is 32.4 Å². The molecule has 0 radical (unpaired) electrons. The first kappa shape index (κ1) is 17.5. The Kier molecular flexibility index (Phi) is 4.41. The number of carboxylic acid groups (broad SMARTS) is 1. The molecule has 1 unspecified atom stereocenters. The van der Waals surface area contributed by atoms with Crippen molar-refractivity contribution in [2.75, 3.05) is 6.54 Å². The lowest BCUT2D eigenvalue weighted by Gasteiger charge is -2.25. The fraction of sp³-hybridized carbons (Fsp3) is 0.278. The lowest BCUT2D eigenvalue weighted by molar-refractivity contribution is -0.142. The fourth-order valence-electron chi connectivity index (χ4n) is 2.71. The van der Waals surface area contributed by atoms with E-state index in [1.165, 1.54) is 4.52 Å². The molecule has 134 valence electrons. The number of benzene rings is 1. The summed E-state index contributed by atoms with van der Waals surface area (Å²) in [6, 6.07) is 10.6. The van der Waals surface area contributed by atoms with Crippen molar-refractivity contribution >= 4 is 17.7 Å². The van der Waals surface area contributed by atoms with E-state index in [1.807, 2.05) is 26.0 Å². The van der Waals surface area contributed by atoms with Gasteiger partial charge in [0.1, 0.15) is 5.41 Å². The first-order valence-electron chi connectivity index (χ1n) is 8.09. The van der Waals surface area contributed by atoms with Crippen LogP contribution in [0.3, 0.4) is 0 Å². The minimum Gasteiger partial charge on any atom is -0.481 e. The SMILES string of the molecule is Cc1cc(C)n2nc(C(=O)NCC(C)(C(=O)O)c3ccccc3)nc2n1. The van der Waals surface area contributed by atoms with E-state index >= 15 is 0 Å². The van der Waals surface area contributed by atoms with E-state index in [1.54, 1.807) is 31.2 Å². The molecule has 0 bridgehead atoms. The Labute approximate surface area is 149 Å². The van der Waals surface area contributed by atoms with Crippen LogP contribution in [0.15, 0.2) is 36.4 Å². The number of aliphatic carboxylic acids is 1. The van der Waals surface area contributed by atoms with Crippen LogP contribution in [0.4, 0.5) is 0 Å². The molecule has 1 aromatic carbocycles. The number of aryl methyl sites for hydroxylation is 2. The van der Waals surface area contributed by atoms with Crippen molar-refractivity contribution in [3.8, 4) is 0 Å². The second-order valence-electron chi connectivity index (χ2n) is 6.37. The Morgan fingerprint density at radius 1 is 1.19 bits per heavy atom. The van der Waals surface area contributed by atoms with Crippen LogP contribution >= 0.6 is 0 Å². The quantitative estimate of drug-likeness (QED) is 0.720. The number of hydrogen-bond donors (Lipinski definition) is 2. The summed E-state index contributed by atoms with van der Waals surface area (Å²) >= 11 is 0. The Balaban J connectivity index is 1.83. The van der Waals surface area contributed by atoms with Gasteiger partial charge in [-0.2, -0.15) is 4.98 Å². The Morgan fingerprint density at radius 3 is 2.54 bits per heavy atom. The van der Waals surface area contributed by atoms with Crippen LogP contribution in [0.1, 0.15) is 34.5 Å². The van der Waals surface area contributed by atoms with Crippen molar-refractivity contribution in [2.24, 2.45) is 0 Å². The van der Waals surface area contributed by atoms with Gasteiger partial charge in [-0.15, -0.1) is 5.10 Å². The molecule has 0 saturated carbocycles. The summed E-state index contributed by atoms with van der Waals surface area (Å²) in [5.41, 5.74) is 0.917. The van der Waals surface area contributed by atoms with E-state index in [-0.39, 0.29) is 12.4 Å². The smallest absolute Gasteiger partial charge is 0.315 e. The minimum atomic E-state index is -1.26. The van der Waals surface area contributed by atoms with Crippen LogP contribution < -0.4 is 5.32 Å². The molecule has 8 heteroatoms. The summed E-state index contributed by atoms with van der Waals surface area (Å²) in [5, 5.41) is 16.4. The van der Waals surface area contributed by atoms with Gasteiger partial charge in [-0.25, -0.2) is 9.50 Å². The van der Waals surface area contributed by atoms with Crippen molar-refractivity contribution in [1.82, 2.24) is 24.9 Å². The number of fused-ring (bicyclic) bond motifs is 1. The molecule has 2 N–H and O–H groups in total. The van der Waals surface area contributed by atoms with Crippen LogP contribution in [-0.2, 0) is 10.2 Å². The molecule has 0 fully saturated rings. The molecule has 0 spiro atoms. The van der Waals surface area contributed by atoms with Crippen molar-refractivity contribution in [3.05, 3.63) is 59.2 Å². The third-order valence-corrected chi connectivity index (χ3v) is 4.31. The zero-order valence-electron chi connectivity index (χ0n) is 14.7. The summed E-state index contributed by atoms with van der Waals surface area (Å²) < 4.78 is 1.48.